The maximum Gasteiger partial charge on any atom is 0.142 e. The Labute approximate surface area is 140 Å². The van der Waals surface area contributed by atoms with E-state index in [0.717, 1.165) is 30.4 Å². The van der Waals surface area contributed by atoms with Crippen LogP contribution in [0.25, 0.3) is 5.76 Å². The number of hydrogen-bond acceptors (Lipinski definition) is 4. The van der Waals surface area contributed by atoms with Crippen molar-refractivity contribution in [3.8, 4) is 5.75 Å². The van der Waals surface area contributed by atoms with E-state index in [1.54, 1.807) is 0 Å². The monoisotopic (exact) mass is 318 g/mol. The third kappa shape index (κ3) is 5.79. The van der Waals surface area contributed by atoms with Crippen molar-refractivity contribution < 1.29 is 9.84 Å². The lowest BCUT2D eigenvalue weighted by Gasteiger charge is -2.22. The van der Waals surface area contributed by atoms with Crippen LogP contribution in [0.15, 0.2) is 24.8 Å². The summed E-state index contributed by atoms with van der Waals surface area (Å²) in [6.07, 6.45) is 5.35. The van der Waals surface area contributed by atoms with E-state index in [1.807, 2.05) is 25.2 Å². The highest BCUT2D eigenvalue weighted by molar-refractivity contribution is 5.66. The number of aliphatic hydroxyl groups is 1. The number of anilines is 1. The van der Waals surface area contributed by atoms with Gasteiger partial charge in [0, 0.05) is 19.2 Å². The summed E-state index contributed by atoms with van der Waals surface area (Å²) >= 11 is 0. The second kappa shape index (κ2) is 8.82. The molecule has 0 unspecified atom stereocenters. The molecule has 2 rings (SSSR count). The molecule has 1 aliphatic rings. The van der Waals surface area contributed by atoms with Gasteiger partial charge in [0.1, 0.15) is 18.1 Å². The number of hydrogen-bond donors (Lipinski definition) is 2. The Kier molecular flexibility index (Phi) is 6.78. The molecule has 1 aromatic carbocycles. The van der Waals surface area contributed by atoms with E-state index in [-0.39, 0.29) is 5.76 Å². The topological polar surface area (TPSA) is 44.7 Å². The molecule has 4 heteroatoms. The molecule has 23 heavy (non-hydrogen) atoms. The van der Waals surface area contributed by atoms with E-state index in [1.165, 1.54) is 32.2 Å². The number of ether oxygens (including phenoxy) is 1. The van der Waals surface area contributed by atoms with Crippen LogP contribution in [0.4, 0.5) is 5.69 Å². The molecule has 2 N–H and O–H groups in total. The zero-order valence-corrected chi connectivity index (χ0v) is 14.5. The SMILES string of the molecule is C=C(O)c1ccc(OCCN(CCC)CCC2CC2)c(NC)c1. The lowest BCUT2D eigenvalue weighted by Crippen LogP contribution is -2.30. The second-order valence-electron chi connectivity index (χ2n) is 6.33. The van der Waals surface area contributed by atoms with Crippen LogP contribution in [-0.4, -0.2) is 43.3 Å². The van der Waals surface area contributed by atoms with Gasteiger partial charge in [0.2, 0.25) is 0 Å². The van der Waals surface area contributed by atoms with Crippen LogP contribution in [0.1, 0.15) is 38.2 Å². The maximum atomic E-state index is 9.48. The first kappa shape index (κ1) is 17.7. The highest BCUT2D eigenvalue weighted by Crippen LogP contribution is 2.32. The van der Waals surface area contributed by atoms with Gasteiger partial charge in [-0.2, -0.15) is 0 Å². The zero-order valence-electron chi connectivity index (χ0n) is 14.5. The summed E-state index contributed by atoms with van der Waals surface area (Å²) < 4.78 is 5.95. The quantitative estimate of drug-likeness (QED) is 0.602. The Bertz CT molecular complexity index is 512. The molecule has 0 aliphatic heterocycles. The Morgan fingerprint density at radius 1 is 1.35 bits per heavy atom. The van der Waals surface area contributed by atoms with Crippen LogP contribution in [0.5, 0.6) is 5.75 Å². The maximum absolute atomic E-state index is 9.48. The lowest BCUT2D eigenvalue weighted by molar-refractivity contribution is 0.205. The average Bonchev–Trinajstić information content (AvgIpc) is 3.36. The minimum Gasteiger partial charge on any atom is -0.508 e. The Hall–Kier alpha value is -1.68. The second-order valence-corrected chi connectivity index (χ2v) is 6.33. The highest BCUT2D eigenvalue weighted by atomic mass is 16.5. The highest BCUT2D eigenvalue weighted by Gasteiger charge is 2.21. The van der Waals surface area contributed by atoms with Gasteiger partial charge in [0.15, 0.2) is 0 Å². The number of aliphatic hydroxyl groups excluding tert-OH is 1. The van der Waals surface area contributed by atoms with Gasteiger partial charge >= 0.3 is 0 Å². The molecule has 0 radical (unpaired) electrons. The molecule has 1 fully saturated rings. The number of nitrogens with zero attached hydrogens (tertiary/aromatic N) is 1. The van der Waals surface area contributed by atoms with Crippen molar-refractivity contribution in [3.63, 3.8) is 0 Å². The Morgan fingerprint density at radius 3 is 2.74 bits per heavy atom. The van der Waals surface area contributed by atoms with E-state index in [2.05, 4.69) is 23.7 Å². The van der Waals surface area contributed by atoms with E-state index in [4.69, 9.17) is 4.74 Å². The van der Waals surface area contributed by atoms with Gasteiger partial charge in [-0.1, -0.05) is 26.3 Å². The molecular weight excluding hydrogens is 288 g/mol. The summed E-state index contributed by atoms with van der Waals surface area (Å²) in [5.41, 5.74) is 1.58. The minimum absolute atomic E-state index is 0.0715. The molecule has 0 aromatic heterocycles. The summed E-state index contributed by atoms with van der Waals surface area (Å²) in [4.78, 5) is 2.50. The van der Waals surface area contributed by atoms with E-state index in [9.17, 15) is 5.11 Å². The van der Waals surface area contributed by atoms with Gasteiger partial charge < -0.3 is 15.2 Å². The number of rotatable bonds is 11. The fraction of sp³-hybridized carbons (Fsp3) is 0.579. The van der Waals surface area contributed by atoms with Gasteiger partial charge in [-0.05, 0) is 50.0 Å². The lowest BCUT2D eigenvalue weighted by atomic mass is 10.1. The summed E-state index contributed by atoms with van der Waals surface area (Å²) in [6, 6.07) is 5.57. The predicted molar refractivity (Wildman–Crippen MR) is 97.2 cm³/mol. The fourth-order valence-electron chi connectivity index (χ4n) is 2.74. The molecule has 1 aromatic rings. The normalized spacial score (nSPS) is 14.0. The molecule has 0 spiro atoms. The van der Waals surface area contributed by atoms with E-state index in [0.29, 0.717) is 12.2 Å². The standard InChI is InChI=1S/C19H30N2O2/c1-4-10-21(11-9-16-5-6-16)12-13-23-19-8-7-17(15(2)22)14-18(19)20-3/h7-8,14,16,20,22H,2,4-6,9-13H2,1,3H3. The molecule has 0 atom stereocenters. The first-order valence-corrected chi connectivity index (χ1v) is 8.69. The van der Waals surface area contributed by atoms with Crippen molar-refractivity contribution in [1.82, 2.24) is 4.90 Å². The number of benzene rings is 1. The van der Waals surface area contributed by atoms with Crippen LogP contribution in [0.3, 0.4) is 0 Å². The summed E-state index contributed by atoms with van der Waals surface area (Å²) in [5.74, 6) is 1.86. The van der Waals surface area contributed by atoms with Crippen molar-refractivity contribution in [3.05, 3.63) is 30.3 Å². The molecule has 1 saturated carbocycles. The Balaban J connectivity index is 1.84. The molecular formula is C19H30N2O2. The van der Waals surface area contributed by atoms with Crippen LogP contribution in [0.2, 0.25) is 0 Å². The Morgan fingerprint density at radius 2 is 2.13 bits per heavy atom. The van der Waals surface area contributed by atoms with Crippen molar-refractivity contribution >= 4 is 11.4 Å². The van der Waals surface area contributed by atoms with Crippen LogP contribution in [0, 0.1) is 5.92 Å². The van der Waals surface area contributed by atoms with Gasteiger partial charge in [0.25, 0.3) is 0 Å². The van der Waals surface area contributed by atoms with Gasteiger partial charge in [-0.25, -0.2) is 0 Å². The van der Waals surface area contributed by atoms with Crippen molar-refractivity contribution in [1.29, 1.82) is 0 Å². The first-order valence-electron chi connectivity index (χ1n) is 8.69. The van der Waals surface area contributed by atoms with Gasteiger partial charge in [0.05, 0.1) is 5.69 Å². The van der Waals surface area contributed by atoms with E-state index < -0.39 is 0 Å². The third-order valence-corrected chi connectivity index (χ3v) is 4.34. The minimum atomic E-state index is 0.0715. The van der Waals surface area contributed by atoms with Crippen molar-refractivity contribution in [2.45, 2.75) is 32.6 Å². The van der Waals surface area contributed by atoms with Gasteiger partial charge in [-0.3, -0.25) is 4.90 Å². The molecule has 4 nitrogen and oxygen atoms in total. The molecule has 0 amide bonds. The third-order valence-electron chi connectivity index (χ3n) is 4.34. The molecule has 0 bridgehead atoms. The largest absolute Gasteiger partial charge is 0.508 e. The molecule has 0 heterocycles. The molecule has 1 aliphatic carbocycles. The smallest absolute Gasteiger partial charge is 0.142 e. The molecule has 128 valence electrons. The summed E-state index contributed by atoms with van der Waals surface area (Å²) in [6.45, 7) is 9.74. The fourth-order valence-corrected chi connectivity index (χ4v) is 2.74. The summed E-state index contributed by atoms with van der Waals surface area (Å²) in [5, 5.41) is 12.6. The van der Waals surface area contributed by atoms with Gasteiger partial charge in [-0.15, -0.1) is 0 Å². The van der Waals surface area contributed by atoms with Crippen molar-refractivity contribution in [2.75, 3.05) is 38.6 Å². The van der Waals surface area contributed by atoms with Crippen molar-refractivity contribution in [2.24, 2.45) is 5.92 Å². The predicted octanol–water partition coefficient (Wildman–Crippen LogP) is 4.15. The zero-order chi connectivity index (χ0) is 16.7. The molecule has 0 saturated heterocycles. The number of nitrogens with one attached hydrogen (secondary N) is 1. The van der Waals surface area contributed by atoms with Crippen LogP contribution in [-0.2, 0) is 0 Å². The van der Waals surface area contributed by atoms with Crippen LogP contribution < -0.4 is 10.1 Å². The van der Waals surface area contributed by atoms with E-state index >= 15 is 0 Å². The summed E-state index contributed by atoms with van der Waals surface area (Å²) in [7, 11) is 1.85. The average molecular weight is 318 g/mol. The first-order chi connectivity index (χ1) is 11.1. The van der Waals surface area contributed by atoms with Crippen LogP contribution >= 0.6 is 0 Å².